The molecule has 0 aliphatic carbocycles. The van der Waals surface area contributed by atoms with Gasteiger partial charge in [0.25, 0.3) is 0 Å². The molecule has 2 fully saturated rings. The van der Waals surface area contributed by atoms with Crippen LogP contribution < -0.4 is 5.30 Å². The molecule has 0 bridgehead atoms. The van der Waals surface area contributed by atoms with Crippen LogP contribution in [-0.2, 0) is 9.47 Å². The summed E-state index contributed by atoms with van der Waals surface area (Å²) in [5.74, 6) is 0. The Morgan fingerprint density at radius 2 is 1.13 bits per heavy atom. The molecule has 4 atom stereocenters. The predicted molar refractivity (Wildman–Crippen MR) is 96.2 cm³/mol. The Balaban J connectivity index is 1.87. The fourth-order valence-corrected chi connectivity index (χ4v) is 6.67. The van der Waals surface area contributed by atoms with E-state index < -0.39 is 8.22 Å². The van der Waals surface area contributed by atoms with E-state index in [1.807, 2.05) is 0 Å². The maximum absolute atomic E-state index is 5.96. The van der Waals surface area contributed by atoms with E-state index >= 15 is 0 Å². The molecule has 0 saturated carbocycles. The number of hydrogen-bond acceptors (Lipinski definition) is 4. The van der Waals surface area contributed by atoms with Crippen molar-refractivity contribution in [2.75, 3.05) is 26.2 Å². The van der Waals surface area contributed by atoms with Gasteiger partial charge in [-0.3, -0.25) is 9.34 Å². The monoisotopic (exact) mass is 336 g/mol. The number of benzene rings is 1. The molecular formula is C18H29N2O2P. The van der Waals surface area contributed by atoms with E-state index in [-0.39, 0.29) is 0 Å². The van der Waals surface area contributed by atoms with Gasteiger partial charge in [-0.25, -0.2) is 0 Å². The molecule has 128 valence electrons. The van der Waals surface area contributed by atoms with E-state index in [0.717, 1.165) is 26.2 Å². The van der Waals surface area contributed by atoms with Crippen molar-refractivity contribution in [2.45, 2.75) is 52.1 Å². The normalized spacial score (nSPS) is 35.1. The summed E-state index contributed by atoms with van der Waals surface area (Å²) < 4.78 is 17.2. The smallest absolute Gasteiger partial charge is 0.0728 e. The van der Waals surface area contributed by atoms with Crippen molar-refractivity contribution in [3.8, 4) is 0 Å². The van der Waals surface area contributed by atoms with Gasteiger partial charge in [-0.05, 0) is 27.7 Å². The molecular weight excluding hydrogens is 307 g/mol. The van der Waals surface area contributed by atoms with Gasteiger partial charge in [-0.1, -0.05) is 30.3 Å². The second kappa shape index (κ2) is 7.58. The van der Waals surface area contributed by atoms with Crippen molar-refractivity contribution in [1.82, 2.24) is 9.34 Å². The maximum Gasteiger partial charge on any atom is 0.0728 e. The Morgan fingerprint density at radius 3 is 1.52 bits per heavy atom. The first-order valence-corrected chi connectivity index (χ1v) is 9.93. The highest BCUT2D eigenvalue weighted by molar-refractivity contribution is 7.61. The lowest BCUT2D eigenvalue weighted by molar-refractivity contribution is -0.0544. The van der Waals surface area contributed by atoms with Crippen LogP contribution in [0.25, 0.3) is 0 Å². The van der Waals surface area contributed by atoms with Gasteiger partial charge in [-0.15, -0.1) is 0 Å². The summed E-state index contributed by atoms with van der Waals surface area (Å²) in [7, 11) is -0.492. The summed E-state index contributed by atoms with van der Waals surface area (Å²) in [6, 6.07) is 11.0. The molecule has 3 rings (SSSR count). The molecule has 1 aromatic carbocycles. The zero-order chi connectivity index (χ0) is 16.4. The number of morpholine rings is 2. The average Bonchev–Trinajstić information content (AvgIpc) is 2.46. The van der Waals surface area contributed by atoms with Crippen LogP contribution in [0.4, 0.5) is 0 Å². The van der Waals surface area contributed by atoms with Crippen molar-refractivity contribution in [1.29, 1.82) is 0 Å². The van der Waals surface area contributed by atoms with Crippen molar-refractivity contribution in [2.24, 2.45) is 0 Å². The van der Waals surface area contributed by atoms with Crippen molar-refractivity contribution < 1.29 is 9.47 Å². The average molecular weight is 336 g/mol. The maximum atomic E-state index is 5.96. The summed E-state index contributed by atoms with van der Waals surface area (Å²) in [4.78, 5) is 0. The Bertz CT molecular complexity index is 455. The highest BCUT2D eigenvalue weighted by atomic mass is 31.1. The lowest BCUT2D eigenvalue weighted by atomic mass is 10.3. The third-order valence-corrected chi connectivity index (χ3v) is 6.81. The Labute approximate surface area is 141 Å². The van der Waals surface area contributed by atoms with Crippen LogP contribution in [-0.4, -0.2) is 59.9 Å². The van der Waals surface area contributed by atoms with Gasteiger partial charge in [0.05, 0.1) is 32.6 Å². The van der Waals surface area contributed by atoms with Crippen molar-refractivity contribution in [3.05, 3.63) is 30.3 Å². The second-order valence-electron chi connectivity index (χ2n) is 6.88. The lowest BCUT2D eigenvalue weighted by Gasteiger charge is -2.47. The molecule has 2 aliphatic rings. The summed E-state index contributed by atoms with van der Waals surface area (Å²) in [6.07, 6.45) is 1.18. The summed E-state index contributed by atoms with van der Waals surface area (Å²) in [6.45, 7) is 12.8. The van der Waals surface area contributed by atoms with E-state index in [0.29, 0.717) is 24.4 Å². The quantitative estimate of drug-likeness (QED) is 0.793. The van der Waals surface area contributed by atoms with Gasteiger partial charge in [0.15, 0.2) is 0 Å². The minimum absolute atomic E-state index is 0.295. The molecule has 23 heavy (non-hydrogen) atoms. The standard InChI is InChI=1S/C18H29N2O2P/c1-14-10-19(11-15(2)21-14)23(18-8-6-5-7-9-18)20-12-16(3)22-17(4)13-20/h5-9,14-17H,10-13H2,1-4H3. The Hall–Kier alpha value is -0.510. The summed E-state index contributed by atoms with van der Waals surface area (Å²) in [5.41, 5.74) is 0. The van der Waals surface area contributed by atoms with Crippen LogP contribution in [0.5, 0.6) is 0 Å². The predicted octanol–water partition coefficient (Wildman–Crippen LogP) is 2.84. The van der Waals surface area contributed by atoms with E-state index in [4.69, 9.17) is 9.47 Å². The van der Waals surface area contributed by atoms with Crippen LogP contribution in [0.1, 0.15) is 27.7 Å². The van der Waals surface area contributed by atoms with Crippen LogP contribution >= 0.6 is 8.22 Å². The zero-order valence-electron chi connectivity index (χ0n) is 14.7. The SMILES string of the molecule is CC1CN(P(c2ccccc2)N2CC(C)OC(C)C2)CC(C)O1. The number of nitrogens with zero attached hydrogens (tertiary/aromatic N) is 2. The molecule has 0 aromatic heterocycles. The Kier molecular flexibility index (Phi) is 5.71. The molecule has 4 nitrogen and oxygen atoms in total. The second-order valence-corrected chi connectivity index (χ2v) is 9.11. The van der Waals surface area contributed by atoms with Crippen LogP contribution in [0.3, 0.4) is 0 Å². The fourth-order valence-electron chi connectivity index (χ4n) is 3.68. The molecule has 0 N–H and O–H groups in total. The van der Waals surface area contributed by atoms with Gasteiger partial charge in [0.1, 0.15) is 0 Å². The highest BCUT2D eigenvalue weighted by Gasteiger charge is 2.36. The Morgan fingerprint density at radius 1 is 0.739 bits per heavy atom. The summed E-state index contributed by atoms with van der Waals surface area (Å²) >= 11 is 0. The van der Waals surface area contributed by atoms with Crippen LogP contribution in [0.2, 0.25) is 0 Å². The van der Waals surface area contributed by atoms with E-state index in [1.54, 1.807) is 0 Å². The summed E-state index contributed by atoms with van der Waals surface area (Å²) in [5, 5.41) is 1.44. The van der Waals surface area contributed by atoms with Crippen molar-refractivity contribution in [3.63, 3.8) is 0 Å². The van der Waals surface area contributed by atoms with Gasteiger partial charge in [0.2, 0.25) is 0 Å². The molecule has 2 saturated heterocycles. The molecule has 0 radical (unpaired) electrons. The zero-order valence-corrected chi connectivity index (χ0v) is 15.6. The highest BCUT2D eigenvalue weighted by Crippen LogP contribution is 2.46. The lowest BCUT2D eigenvalue weighted by Crippen LogP contribution is -2.50. The van der Waals surface area contributed by atoms with Crippen molar-refractivity contribution >= 4 is 13.5 Å². The third-order valence-electron chi connectivity index (χ3n) is 4.32. The first kappa shape index (κ1) is 17.3. The molecule has 0 spiro atoms. The first-order valence-electron chi connectivity index (χ1n) is 8.68. The van der Waals surface area contributed by atoms with Gasteiger partial charge in [0, 0.05) is 31.5 Å². The van der Waals surface area contributed by atoms with Gasteiger partial charge < -0.3 is 9.47 Å². The van der Waals surface area contributed by atoms with E-state index in [1.165, 1.54) is 5.30 Å². The first-order chi connectivity index (χ1) is 11.0. The minimum atomic E-state index is -0.492. The molecule has 4 unspecified atom stereocenters. The largest absolute Gasteiger partial charge is 0.373 e. The third kappa shape index (κ3) is 4.32. The molecule has 2 heterocycles. The minimum Gasteiger partial charge on any atom is -0.373 e. The fraction of sp³-hybridized carbons (Fsp3) is 0.667. The molecule has 2 aliphatic heterocycles. The van der Waals surface area contributed by atoms with E-state index in [2.05, 4.69) is 67.4 Å². The topological polar surface area (TPSA) is 24.9 Å². The number of rotatable bonds is 3. The van der Waals surface area contributed by atoms with Crippen LogP contribution in [0.15, 0.2) is 30.3 Å². The van der Waals surface area contributed by atoms with E-state index in [9.17, 15) is 0 Å². The molecule has 1 aromatic rings. The number of ether oxygens (including phenoxy) is 2. The van der Waals surface area contributed by atoms with Gasteiger partial charge >= 0.3 is 0 Å². The molecule has 0 amide bonds. The van der Waals surface area contributed by atoms with Gasteiger partial charge in [-0.2, -0.15) is 0 Å². The molecule has 5 heteroatoms. The number of hydrogen-bond donors (Lipinski definition) is 0. The van der Waals surface area contributed by atoms with Crippen LogP contribution in [0, 0.1) is 0 Å².